The molecule has 0 saturated carbocycles. The molecule has 130 valence electrons. The Morgan fingerprint density at radius 2 is 2.00 bits per heavy atom. The molecule has 24 heavy (non-hydrogen) atoms. The number of benzene rings is 1. The minimum atomic E-state index is -0.224. The van der Waals surface area contributed by atoms with Gasteiger partial charge in [-0.1, -0.05) is 0 Å². The van der Waals surface area contributed by atoms with Gasteiger partial charge in [0.1, 0.15) is 0 Å². The van der Waals surface area contributed by atoms with Gasteiger partial charge in [0, 0.05) is 24.1 Å². The third-order valence-corrected chi connectivity index (χ3v) is 4.79. The van der Waals surface area contributed by atoms with E-state index < -0.39 is 0 Å². The highest BCUT2D eigenvalue weighted by molar-refractivity contribution is 9.10. The van der Waals surface area contributed by atoms with Crippen LogP contribution in [0.1, 0.15) is 6.42 Å². The molecule has 9 heteroatoms. The summed E-state index contributed by atoms with van der Waals surface area (Å²) in [5.41, 5.74) is 2.07. The van der Waals surface area contributed by atoms with Crippen molar-refractivity contribution in [2.45, 2.75) is 6.42 Å². The number of hydrogen-bond acceptors (Lipinski definition) is 4. The number of nitrogens with one attached hydrogen (secondary N) is 4. The molecular formula is C15H20BrN5O2S. The van der Waals surface area contributed by atoms with Crippen LogP contribution >= 0.6 is 28.1 Å². The lowest BCUT2D eigenvalue weighted by atomic mass is 10.3. The maximum atomic E-state index is 11.3. The molecule has 0 spiro atoms. The fourth-order valence-corrected chi connectivity index (χ4v) is 3.30. The number of anilines is 1. The van der Waals surface area contributed by atoms with Crippen molar-refractivity contribution in [2.24, 2.45) is 0 Å². The van der Waals surface area contributed by atoms with E-state index in [-0.39, 0.29) is 5.69 Å². The van der Waals surface area contributed by atoms with Gasteiger partial charge in [-0.25, -0.2) is 4.79 Å². The van der Waals surface area contributed by atoms with Crippen LogP contribution in [0.25, 0.3) is 11.0 Å². The number of thiocarbonyl (C=S) groups is 1. The van der Waals surface area contributed by atoms with Crippen molar-refractivity contribution in [1.29, 1.82) is 0 Å². The van der Waals surface area contributed by atoms with Gasteiger partial charge in [-0.05, 0) is 53.2 Å². The van der Waals surface area contributed by atoms with E-state index in [1.165, 1.54) is 0 Å². The van der Waals surface area contributed by atoms with Crippen molar-refractivity contribution < 1.29 is 4.74 Å². The molecule has 1 fully saturated rings. The summed E-state index contributed by atoms with van der Waals surface area (Å²) >= 11 is 8.82. The predicted octanol–water partition coefficient (Wildman–Crippen LogP) is 1.63. The van der Waals surface area contributed by atoms with Crippen LogP contribution in [0.3, 0.4) is 0 Å². The number of imidazole rings is 1. The van der Waals surface area contributed by atoms with E-state index in [1.54, 1.807) is 0 Å². The monoisotopic (exact) mass is 413 g/mol. The van der Waals surface area contributed by atoms with Gasteiger partial charge in [0.15, 0.2) is 5.11 Å². The van der Waals surface area contributed by atoms with Crippen LogP contribution in [0.5, 0.6) is 0 Å². The van der Waals surface area contributed by atoms with Gasteiger partial charge >= 0.3 is 5.69 Å². The van der Waals surface area contributed by atoms with Gasteiger partial charge in [0.25, 0.3) is 0 Å². The van der Waals surface area contributed by atoms with Crippen molar-refractivity contribution in [1.82, 2.24) is 20.2 Å². The molecule has 0 amide bonds. The topological polar surface area (TPSA) is 85.2 Å². The van der Waals surface area contributed by atoms with Gasteiger partial charge in [-0.15, -0.1) is 0 Å². The number of halogens is 1. The Morgan fingerprint density at radius 1 is 1.29 bits per heavy atom. The molecule has 2 heterocycles. The van der Waals surface area contributed by atoms with E-state index in [1.807, 2.05) is 12.1 Å². The molecule has 1 aromatic carbocycles. The molecule has 1 aliphatic heterocycles. The first-order valence-electron chi connectivity index (χ1n) is 7.88. The third-order valence-electron chi connectivity index (χ3n) is 3.89. The molecule has 4 N–H and O–H groups in total. The summed E-state index contributed by atoms with van der Waals surface area (Å²) < 4.78 is 6.17. The van der Waals surface area contributed by atoms with E-state index in [2.05, 4.69) is 41.4 Å². The predicted molar refractivity (Wildman–Crippen MR) is 103 cm³/mol. The summed E-state index contributed by atoms with van der Waals surface area (Å²) in [6, 6.07) is 3.69. The highest BCUT2D eigenvalue weighted by Crippen LogP contribution is 2.26. The van der Waals surface area contributed by atoms with Crippen molar-refractivity contribution in [3.8, 4) is 0 Å². The maximum Gasteiger partial charge on any atom is 0.323 e. The highest BCUT2D eigenvalue weighted by atomic mass is 79.9. The molecule has 1 aromatic heterocycles. The Morgan fingerprint density at radius 3 is 2.75 bits per heavy atom. The number of morpholine rings is 1. The van der Waals surface area contributed by atoms with E-state index in [9.17, 15) is 4.79 Å². The van der Waals surface area contributed by atoms with Crippen LogP contribution < -0.4 is 16.3 Å². The molecule has 1 saturated heterocycles. The van der Waals surface area contributed by atoms with Crippen LogP contribution in [-0.4, -0.2) is 59.4 Å². The van der Waals surface area contributed by atoms with Crippen molar-refractivity contribution in [3.05, 3.63) is 27.1 Å². The third kappa shape index (κ3) is 4.56. The first kappa shape index (κ1) is 17.4. The number of H-pyrrole nitrogens is 2. The minimum Gasteiger partial charge on any atom is -0.379 e. The zero-order valence-corrected chi connectivity index (χ0v) is 15.6. The van der Waals surface area contributed by atoms with Crippen molar-refractivity contribution >= 4 is 50.0 Å². The zero-order valence-electron chi connectivity index (χ0n) is 13.2. The van der Waals surface area contributed by atoms with Gasteiger partial charge in [-0.3, -0.25) is 4.90 Å². The maximum absolute atomic E-state index is 11.3. The average molecular weight is 414 g/mol. The first-order chi connectivity index (χ1) is 11.6. The molecule has 0 aliphatic carbocycles. The average Bonchev–Trinajstić information content (AvgIpc) is 2.92. The SMILES string of the molecule is O=c1[nH]c2cc(Br)c(NC(=S)NCCCN3CCOCC3)cc2[nH]1. The Kier molecular flexibility index (Phi) is 5.88. The Labute approximate surface area is 153 Å². The molecule has 3 rings (SSSR count). The molecule has 1 aliphatic rings. The number of aromatic nitrogens is 2. The number of aromatic amines is 2. The minimum absolute atomic E-state index is 0.224. The number of rotatable bonds is 5. The number of hydrogen-bond donors (Lipinski definition) is 4. The van der Waals surface area contributed by atoms with E-state index in [0.717, 1.165) is 67.0 Å². The summed E-state index contributed by atoms with van der Waals surface area (Å²) in [6.07, 6.45) is 1.02. The van der Waals surface area contributed by atoms with Crippen molar-refractivity contribution in [2.75, 3.05) is 44.7 Å². The molecular weight excluding hydrogens is 394 g/mol. The van der Waals surface area contributed by atoms with E-state index >= 15 is 0 Å². The smallest absolute Gasteiger partial charge is 0.323 e. The molecule has 0 unspecified atom stereocenters. The fraction of sp³-hybridized carbons (Fsp3) is 0.467. The molecule has 0 radical (unpaired) electrons. The quantitative estimate of drug-likeness (QED) is 0.440. The van der Waals surface area contributed by atoms with Gasteiger partial charge in [0.05, 0.1) is 29.9 Å². The van der Waals surface area contributed by atoms with Crippen molar-refractivity contribution in [3.63, 3.8) is 0 Å². The molecule has 0 atom stereocenters. The van der Waals surface area contributed by atoms with Crippen LogP contribution in [0.2, 0.25) is 0 Å². The Bertz CT molecular complexity index is 769. The zero-order chi connectivity index (χ0) is 16.9. The lowest BCUT2D eigenvalue weighted by molar-refractivity contribution is 0.0376. The summed E-state index contributed by atoms with van der Waals surface area (Å²) in [5.74, 6) is 0. The first-order valence-corrected chi connectivity index (χ1v) is 9.08. The van der Waals surface area contributed by atoms with E-state index in [4.69, 9.17) is 17.0 Å². The largest absolute Gasteiger partial charge is 0.379 e. The highest BCUT2D eigenvalue weighted by Gasteiger charge is 2.10. The van der Waals surface area contributed by atoms with Gasteiger partial charge in [-0.2, -0.15) is 0 Å². The van der Waals surface area contributed by atoms with Crippen LogP contribution in [0, 0.1) is 0 Å². The normalized spacial score (nSPS) is 15.5. The van der Waals surface area contributed by atoms with Crippen LogP contribution in [0.4, 0.5) is 5.69 Å². The van der Waals surface area contributed by atoms with E-state index in [0.29, 0.717) is 5.11 Å². The summed E-state index contributed by atoms with van der Waals surface area (Å²) in [5, 5.41) is 6.93. The van der Waals surface area contributed by atoms with Gasteiger partial charge < -0.3 is 25.3 Å². The second-order valence-corrected chi connectivity index (χ2v) is 6.91. The lowest BCUT2D eigenvalue weighted by Crippen LogP contribution is -2.38. The molecule has 2 aromatic rings. The summed E-state index contributed by atoms with van der Waals surface area (Å²) in [6.45, 7) is 5.51. The van der Waals surface area contributed by atoms with Crippen LogP contribution in [-0.2, 0) is 4.74 Å². The molecule has 7 nitrogen and oxygen atoms in total. The summed E-state index contributed by atoms with van der Waals surface area (Å²) in [7, 11) is 0. The fourth-order valence-electron chi connectivity index (χ4n) is 2.65. The van der Waals surface area contributed by atoms with Crippen LogP contribution in [0.15, 0.2) is 21.4 Å². The second-order valence-electron chi connectivity index (χ2n) is 5.65. The standard InChI is InChI=1S/C15H20BrN5O2S/c16-10-8-12-13(19-14(22)18-12)9-11(10)20-15(24)17-2-1-3-21-4-6-23-7-5-21/h8-9H,1-7H2,(H2,17,20,24)(H2,18,19,22). The number of ether oxygens (including phenoxy) is 1. The Hall–Kier alpha value is -1.42. The summed E-state index contributed by atoms with van der Waals surface area (Å²) in [4.78, 5) is 19.2. The van der Waals surface area contributed by atoms with Gasteiger partial charge in [0.2, 0.25) is 0 Å². The second kappa shape index (κ2) is 8.11. The number of nitrogens with zero attached hydrogens (tertiary/aromatic N) is 1. The number of fused-ring (bicyclic) bond motifs is 1. The molecule has 0 bridgehead atoms. The lowest BCUT2D eigenvalue weighted by Gasteiger charge is -2.26. The Balaban J connectivity index is 1.47.